The molecule has 3 heterocycles. The van der Waals surface area contributed by atoms with Crippen LogP contribution in [0.4, 0.5) is 5.88 Å². The molecule has 11 heteroatoms. The maximum Gasteiger partial charge on any atom is 0.237 e. The highest BCUT2D eigenvalue weighted by atomic mass is 32.2. The smallest absolute Gasteiger partial charge is 0.237 e. The molecule has 0 aliphatic rings. The first-order valence-corrected chi connectivity index (χ1v) is 9.87. The zero-order chi connectivity index (χ0) is 21.1. The zero-order valence-electron chi connectivity index (χ0n) is 16.4. The lowest BCUT2D eigenvalue weighted by Crippen LogP contribution is -2.13. The molecule has 4 rings (SSSR count). The molecule has 30 heavy (non-hydrogen) atoms. The van der Waals surface area contributed by atoms with Gasteiger partial charge in [0.15, 0.2) is 23.0 Å². The molecule has 1 amide bonds. The number of carbonyl (C=O) groups excluding carboxylic acids is 1. The zero-order valence-corrected chi connectivity index (χ0v) is 17.3. The first-order chi connectivity index (χ1) is 14.6. The van der Waals surface area contributed by atoms with E-state index >= 15 is 0 Å². The van der Waals surface area contributed by atoms with Crippen molar-refractivity contribution in [1.29, 1.82) is 0 Å². The molecule has 1 aromatic carbocycles. The van der Waals surface area contributed by atoms with Crippen molar-refractivity contribution in [1.82, 2.24) is 25.0 Å². The van der Waals surface area contributed by atoms with Gasteiger partial charge in [-0.15, -0.1) is 10.2 Å². The molecule has 3 aromatic heterocycles. The van der Waals surface area contributed by atoms with E-state index in [0.717, 1.165) is 5.56 Å². The predicted molar refractivity (Wildman–Crippen MR) is 110 cm³/mol. The number of benzene rings is 1. The largest absolute Gasteiger partial charge is 0.493 e. The van der Waals surface area contributed by atoms with Gasteiger partial charge in [-0.3, -0.25) is 10.1 Å². The summed E-state index contributed by atoms with van der Waals surface area (Å²) in [5.41, 5.74) is 2.05. The minimum atomic E-state index is -0.220. The van der Waals surface area contributed by atoms with Gasteiger partial charge in [0, 0.05) is 11.6 Å². The third kappa shape index (κ3) is 4.06. The summed E-state index contributed by atoms with van der Waals surface area (Å²) in [5.74, 6) is 2.00. The minimum absolute atomic E-state index is 0.159. The Labute approximate surface area is 175 Å². The van der Waals surface area contributed by atoms with Crippen molar-refractivity contribution in [3.63, 3.8) is 0 Å². The molecule has 0 atom stereocenters. The van der Waals surface area contributed by atoms with E-state index in [2.05, 4.69) is 25.8 Å². The summed E-state index contributed by atoms with van der Waals surface area (Å²) < 4.78 is 17.3. The summed E-state index contributed by atoms with van der Waals surface area (Å²) in [4.78, 5) is 12.1. The van der Waals surface area contributed by atoms with Gasteiger partial charge >= 0.3 is 0 Å². The van der Waals surface area contributed by atoms with Crippen LogP contribution in [0, 0.1) is 6.92 Å². The van der Waals surface area contributed by atoms with Gasteiger partial charge in [-0.05, 0) is 37.3 Å². The van der Waals surface area contributed by atoms with Crippen LogP contribution in [0.5, 0.6) is 11.5 Å². The number of anilines is 1. The second kappa shape index (κ2) is 8.41. The highest BCUT2D eigenvalue weighted by Crippen LogP contribution is 2.31. The summed E-state index contributed by atoms with van der Waals surface area (Å²) in [6.45, 7) is 1.78. The van der Waals surface area contributed by atoms with E-state index in [-0.39, 0.29) is 11.7 Å². The van der Waals surface area contributed by atoms with E-state index in [4.69, 9.17) is 14.0 Å². The number of aromatic nitrogens is 5. The number of amides is 1. The summed E-state index contributed by atoms with van der Waals surface area (Å²) in [6, 6.07) is 10.7. The number of hydrogen-bond donors (Lipinski definition) is 1. The molecule has 10 nitrogen and oxygen atoms in total. The molecule has 0 fully saturated rings. The molecular weight excluding hydrogens is 408 g/mol. The van der Waals surface area contributed by atoms with E-state index in [1.807, 2.05) is 12.1 Å². The van der Waals surface area contributed by atoms with Crippen LogP contribution in [0.25, 0.3) is 17.0 Å². The molecule has 0 radical (unpaired) electrons. The van der Waals surface area contributed by atoms with Crippen LogP contribution >= 0.6 is 11.8 Å². The molecule has 0 saturated carbocycles. The van der Waals surface area contributed by atoms with Gasteiger partial charge in [0.1, 0.15) is 5.03 Å². The number of methoxy groups -OCH3 is 2. The van der Waals surface area contributed by atoms with Crippen LogP contribution in [-0.2, 0) is 4.79 Å². The summed E-state index contributed by atoms with van der Waals surface area (Å²) >= 11 is 1.28. The van der Waals surface area contributed by atoms with Gasteiger partial charge in [0.2, 0.25) is 11.8 Å². The standard InChI is InChI=1S/C19H18N6O4S/c1-11-8-17(29-24-11)20-16(26)10-30-18-7-6-15-21-22-19(25(15)23-18)12-4-5-13(27-2)14(9-12)28-3/h4-9H,10H2,1-3H3,(H,20,26). The van der Waals surface area contributed by atoms with Crippen LogP contribution in [-0.4, -0.2) is 50.8 Å². The molecule has 0 aliphatic heterocycles. The number of aryl methyl sites for hydroxylation is 1. The molecule has 0 unspecified atom stereocenters. The fourth-order valence-electron chi connectivity index (χ4n) is 2.74. The van der Waals surface area contributed by atoms with E-state index in [1.54, 1.807) is 49.9 Å². The van der Waals surface area contributed by atoms with Gasteiger partial charge in [-0.1, -0.05) is 16.9 Å². The van der Waals surface area contributed by atoms with Gasteiger partial charge in [0.25, 0.3) is 0 Å². The topological polar surface area (TPSA) is 117 Å². The normalized spacial score (nSPS) is 10.9. The molecule has 0 saturated heterocycles. The third-order valence-electron chi connectivity index (χ3n) is 4.12. The second-order valence-electron chi connectivity index (χ2n) is 6.20. The van der Waals surface area contributed by atoms with E-state index < -0.39 is 0 Å². The van der Waals surface area contributed by atoms with Gasteiger partial charge in [-0.25, -0.2) is 0 Å². The highest BCUT2D eigenvalue weighted by Gasteiger charge is 2.14. The van der Waals surface area contributed by atoms with E-state index in [9.17, 15) is 4.79 Å². The Bertz CT molecular complexity index is 1200. The first-order valence-electron chi connectivity index (χ1n) is 8.88. The van der Waals surface area contributed by atoms with Crippen molar-refractivity contribution >= 4 is 29.2 Å². The van der Waals surface area contributed by atoms with Crippen LogP contribution in [0.1, 0.15) is 5.69 Å². The Hall–Kier alpha value is -3.60. The van der Waals surface area contributed by atoms with Gasteiger partial charge < -0.3 is 14.0 Å². The van der Waals surface area contributed by atoms with Crippen molar-refractivity contribution in [3.05, 3.63) is 42.1 Å². The molecule has 0 bridgehead atoms. The number of thioether (sulfide) groups is 1. The molecule has 154 valence electrons. The molecule has 1 N–H and O–H groups in total. The van der Waals surface area contributed by atoms with Crippen LogP contribution < -0.4 is 14.8 Å². The Morgan fingerprint density at radius 1 is 1.13 bits per heavy atom. The Morgan fingerprint density at radius 3 is 2.70 bits per heavy atom. The third-order valence-corrected chi connectivity index (χ3v) is 5.04. The number of nitrogens with zero attached hydrogens (tertiary/aromatic N) is 5. The predicted octanol–water partition coefficient (Wildman–Crippen LogP) is 2.84. The number of hydrogen-bond acceptors (Lipinski definition) is 9. The van der Waals surface area contributed by atoms with E-state index in [1.165, 1.54) is 11.8 Å². The number of carbonyl (C=O) groups is 1. The van der Waals surface area contributed by atoms with Crippen molar-refractivity contribution in [3.8, 4) is 22.9 Å². The monoisotopic (exact) mass is 426 g/mol. The lowest BCUT2D eigenvalue weighted by atomic mass is 10.2. The maximum atomic E-state index is 12.1. The highest BCUT2D eigenvalue weighted by molar-refractivity contribution is 7.99. The van der Waals surface area contributed by atoms with Crippen LogP contribution in [0.15, 0.2) is 45.9 Å². The van der Waals surface area contributed by atoms with Crippen molar-refractivity contribution in [2.24, 2.45) is 0 Å². The Morgan fingerprint density at radius 2 is 1.97 bits per heavy atom. The molecule has 4 aromatic rings. The van der Waals surface area contributed by atoms with Crippen molar-refractivity contribution in [2.75, 3.05) is 25.3 Å². The second-order valence-corrected chi connectivity index (χ2v) is 7.20. The summed E-state index contributed by atoms with van der Waals surface area (Å²) in [5, 5.41) is 20.0. The summed E-state index contributed by atoms with van der Waals surface area (Å²) in [6.07, 6.45) is 0. The number of fused-ring (bicyclic) bond motifs is 1. The average molecular weight is 426 g/mol. The molecule has 0 aliphatic carbocycles. The van der Waals surface area contributed by atoms with Crippen LogP contribution in [0.3, 0.4) is 0 Å². The SMILES string of the molecule is COc1ccc(-c2nnc3ccc(SCC(=O)Nc4cc(C)no4)nn23)cc1OC. The first kappa shape index (κ1) is 19.7. The number of nitrogens with one attached hydrogen (secondary N) is 1. The fraction of sp³-hybridized carbons (Fsp3) is 0.211. The van der Waals surface area contributed by atoms with E-state index in [0.29, 0.717) is 39.6 Å². The van der Waals surface area contributed by atoms with Crippen molar-refractivity contribution < 1.29 is 18.8 Å². The number of rotatable bonds is 7. The quantitative estimate of drug-likeness (QED) is 0.445. The molecule has 0 spiro atoms. The lowest BCUT2D eigenvalue weighted by Gasteiger charge is -2.08. The van der Waals surface area contributed by atoms with Crippen LogP contribution in [0.2, 0.25) is 0 Å². The Balaban J connectivity index is 1.53. The van der Waals surface area contributed by atoms with Gasteiger partial charge in [-0.2, -0.15) is 9.61 Å². The molecular formula is C19H18N6O4S. The average Bonchev–Trinajstić information content (AvgIpc) is 3.37. The van der Waals surface area contributed by atoms with Gasteiger partial charge in [0.05, 0.1) is 25.7 Å². The Kier molecular flexibility index (Phi) is 5.53. The summed E-state index contributed by atoms with van der Waals surface area (Å²) in [7, 11) is 3.15. The number of ether oxygens (including phenoxy) is 2. The fourth-order valence-corrected chi connectivity index (χ4v) is 3.39. The maximum absolute atomic E-state index is 12.1. The lowest BCUT2D eigenvalue weighted by molar-refractivity contribution is -0.113. The minimum Gasteiger partial charge on any atom is -0.493 e. The van der Waals surface area contributed by atoms with Crippen molar-refractivity contribution in [2.45, 2.75) is 11.9 Å².